The smallest absolute Gasteiger partial charge is 0.123 e. The number of hydrogen-bond donors (Lipinski definition) is 1. The molecule has 0 aromatic heterocycles. The summed E-state index contributed by atoms with van der Waals surface area (Å²) in [5.74, 6) is 0.988. The van der Waals surface area contributed by atoms with Crippen molar-refractivity contribution in [3.05, 3.63) is 63.1 Å². The molecule has 1 atom stereocenters. The van der Waals surface area contributed by atoms with Gasteiger partial charge in [0.25, 0.3) is 0 Å². The molecular weight excluding hydrogens is 326 g/mol. The molecule has 110 valence electrons. The Morgan fingerprint density at radius 3 is 2.71 bits per heavy atom. The van der Waals surface area contributed by atoms with Crippen molar-refractivity contribution in [3.63, 3.8) is 0 Å². The van der Waals surface area contributed by atoms with E-state index >= 15 is 0 Å². The second kappa shape index (κ2) is 5.15. The highest BCUT2D eigenvalue weighted by molar-refractivity contribution is 9.10. The lowest BCUT2D eigenvalue weighted by atomic mass is 9.93. The molecule has 0 spiro atoms. The van der Waals surface area contributed by atoms with Gasteiger partial charge in [0.05, 0.1) is 6.04 Å². The summed E-state index contributed by atoms with van der Waals surface area (Å²) in [7, 11) is 0. The lowest BCUT2D eigenvalue weighted by Gasteiger charge is -2.17. The maximum absolute atomic E-state index is 6.49. The third-order valence-electron chi connectivity index (χ3n) is 4.02. The summed E-state index contributed by atoms with van der Waals surface area (Å²) in [6.07, 6.45) is 0.931. The summed E-state index contributed by atoms with van der Waals surface area (Å²) in [6.45, 7) is 6.33. The normalized spacial score (nSPS) is 17.2. The second-order valence-electron chi connectivity index (χ2n) is 6.38. The highest BCUT2D eigenvalue weighted by atomic mass is 79.9. The molecule has 2 nitrogen and oxygen atoms in total. The molecule has 0 saturated heterocycles. The average molecular weight is 346 g/mol. The molecule has 1 heterocycles. The minimum atomic E-state index is -0.114. The Hall–Kier alpha value is -1.32. The van der Waals surface area contributed by atoms with Gasteiger partial charge in [-0.3, -0.25) is 0 Å². The Balaban J connectivity index is 1.97. The van der Waals surface area contributed by atoms with E-state index in [-0.39, 0.29) is 11.6 Å². The first-order valence-corrected chi connectivity index (χ1v) is 7.98. The van der Waals surface area contributed by atoms with Crippen molar-refractivity contribution >= 4 is 15.9 Å². The van der Waals surface area contributed by atoms with Crippen molar-refractivity contribution in [3.8, 4) is 5.75 Å². The number of hydrogen-bond acceptors (Lipinski definition) is 2. The summed E-state index contributed by atoms with van der Waals surface area (Å²) in [5.41, 5.74) is 11.1. The molecule has 2 aromatic carbocycles. The van der Waals surface area contributed by atoms with Gasteiger partial charge < -0.3 is 10.5 Å². The lowest BCUT2D eigenvalue weighted by Crippen LogP contribution is -2.24. The summed E-state index contributed by atoms with van der Waals surface area (Å²) in [4.78, 5) is 0. The number of halogens is 1. The average Bonchev–Trinajstić information content (AvgIpc) is 2.73. The molecule has 1 unspecified atom stereocenters. The molecule has 0 fully saturated rings. The molecule has 0 radical (unpaired) electrons. The van der Waals surface area contributed by atoms with Gasteiger partial charge in [-0.25, -0.2) is 0 Å². The van der Waals surface area contributed by atoms with Gasteiger partial charge >= 0.3 is 0 Å². The maximum Gasteiger partial charge on any atom is 0.123 e. The van der Waals surface area contributed by atoms with Crippen molar-refractivity contribution in [2.45, 2.75) is 38.8 Å². The van der Waals surface area contributed by atoms with E-state index < -0.39 is 0 Å². The quantitative estimate of drug-likeness (QED) is 0.868. The molecule has 0 saturated carbocycles. The summed E-state index contributed by atoms with van der Waals surface area (Å²) < 4.78 is 6.99. The molecule has 1 aliphatic heterocycles. The highest BCUT2D eigenvalue weighted by Gasteiger charge is 2.30. The number of benzene rings is 2. The van der Waals surface area contributed by atoms with Crippen LogP contribution in [0.3, 0.4) is 0 Å². The van der Waals surface area contributed by atoms with Crippen LogP contribution in [0.4, 0.5) is 0 Å². The minimum absolute atomic E-state index is 0.114. The van der Waals surface area contributed by atoms with Gasteiger partial charge in [-0.2, -0.15) is 0 Å². The third kappa shape index (κ3) is 2.85. The molecule has 2 aromatic rings. The zero-order chi connectivity index (χ0) is 15.2. The monoisotopic (exact) mass is 345 g/mol. The first kappa shape index (κ1) is 14.6. The molecule has 0 aliphatic carbocycles. The van der Waals surface area contributed by atoms with Crippen molar-refractivity contribution < 1.29 is 4.74 Å². The second-order valence-corrected chi connectivity index (χ2v) is 7.30. The van der Waals surface area contributed by atoms with E-state index in [1.54, 1.807) is 0 Å². The van der Waals surface area contributed by atoms with Crippen LogP contribution in [0.5, 0.6) is 5.75 Å². The Morgan fingerprint density at radius 2 is 1.95 bits per heavy atom. The molecule has 21 heavy (non-hydrogen) atoms. The first-order chi connectivity index (χ1) is 9.85. The Bertz CT molecular complexity index is 694. The minimum Gasteiger partial charge on any atom is -0.487 e. The van der Waals surface area contributed by atoms with Crippen LogP contribution in [0.15, 0.2) is 40.9 Å². The highest BCUT2D eigenvalue weighted by Crippen LogP contribution is 2.37. The van der Waals surface area contributed by atoms with Crippen LogP contribution >= 0.6 is 15.9 Å². The largest absolute Gasteiger partial charge is 0.487 e. The number of nitrogens with two attached hydrogens (primary N) is 1. The number of fused-ring (bicyclic) bond motifs is 1. The maximum atomic E-state index is 6.49. The number of ether oxygens (including phenoxy) is 1. The fourth-order valence-electron chi connectivity index (χ4n) is 2.95. The summed E-state index contributed by atoms with van der Waals surface area (Å²) >= 11 is 3.53. The Kier molecular flexibility index (Phi) is 3.58. The first-order valence-electron chi connectivity index (χ1n) is 7.19. The molecule has 2 N–H and O–H groups in total. The van der Waals surface area contributed by atoms with Crippen LogP contribution in [0.1, 0.15) is 42.1 Å². The van der Waals surface area contributed by atoms with Gasteiger partial charge in [0.1, 0.15) is 11.4 Å². The van der Waals surface area contributed by atoms with Gasteiger partial charge in [-0.15, -0.1) is 0 Å². The topological polar surface area (TPSA) is 35.2 Å². The van der Waals surface area contributed by atoms with E-state index in [0.717, 1.165) is 27.8 Å². The van der Waals surface area contributed by atoms with E-state index in [4.69, 9.17) is 10.5 Å². The SMILES string of the molecule is Cc1ccc(Br)cc1C(N)c1ccc2c(c1)CC(C)(C)O2. The van der Waals surface area contributed by atoms with Crippen LogP contribution in [0.2, 0.25) is 0 Å². The molecule has 0 amide bonds. The van der Waals surface area contributed by atoms with Crippen molar-refractivity contribution in [2.24, 2.45) is 5.73 Å². The van der Waals surface area contributed by atoms with Gasteiger partial charge in [0.15, 0.2) is 0 Å². The van der Waals surface area contributed by atoms with Gasteiger partial charge in [0, 0.05) is 10.9 Å². The van der Waals surface area contributed by atoms with Crippen LogP contribution in [0.25, 0.3) is 0 Å². The number of aryl methyl sites for hydroxylation is 1. The predicted octanol–water partition coefficient (Wildman–Crippen LogP) is 4.52. The van der Waals surface area contributed by atoms with Gasteiger partial charge in [-0.05, 0) is 61.2 Å². The standard InChI is InChI=1S/C18H20BrNO/c1-11-4-6-14(19)9-15(11)17(20)12-5-7-16-13(8-12)10-18(2,3)21-16/h4-9,17H,10,20H2,1-3H3. The molecule has 0 bridgehead atoms. The van der Waals surface area contributed by atoms with Crippen LogP contribution < -0.4 is 10.5 Å². The molecule has 3 heteroatoms. The van der Waals surface area contributed by atoms with E-state index in [1.807, 2.05) is 12.1 Å². The fourth-order valence-corrected chi connectivity index (χ4v) is 3.33. The lowest BCUT2D eigenvalue weighted by molar-refractivity contribution is 0.138. The van der Waals surface area contributed by atoms with Crippen LogP contribution in [0, 0.1) is 6.92 Å². The van der Waals surface area contributed by atoms with Crippen molar-refractivity contribution in [1.82, 2.24) is 0 Å². The Morgan fingerprint density at radius 1 is 1.19 bits per heavy atom. The van der Waals surface area contributed by atoms with Crippen molar-refractivity contribution in [2.75, 3.05) is 0 Å². The van der Waals surface area contributed by atoms with Gasteiger partial charge in [-0.1, -0.05) is 34.1 Å². The van der Waals surface area contributed by atoms with Gasteiger partial charge in [0.2, 0.25) is 0 Å². The predicted molar refractivity (Wildman–Crippen MR) is 89.8 cm³/mol. The van der Waals surface area contributed by atoms with E-state index in [0.29, 0.717) is 0 Å². The van der Waals surface area contributed by atoms with Crippen LogP contribution in [-0.2, 0) is 6.42 Å². The molecule has 3 rings (SSSR count). The molecular formula is C18H20BrNO. The zero-order valence-corrected chi connectivity index (χ0v) is 14.2. The third-order valence-corrected chi connectivity index (χ3v) is 4.52. The fraction of sp³-hybridized carbons (Fsp3) is 0.333. The van der Waals surface area contributed by atoms with Crippen molar-refractivity contribution in [1.29, 1.82) is 0 Å². The van der Waals surface area contributed by atoms with E-state index in [2.05, 4.69) is 61.0 Å². The van der Waals surface area contributed by atoms with E-state index in [1.165, 1.54) is 11.1 Å². The summed E-state index contributed by atoms with van der Waals surface area (Å²) in [6, 6.07) is 12.4. The summed E-state index contributed by atoms with van der Waals surface area (Å²) in [5, 5.41) is 0. The van der Waals surface area contributed by atoms with E-state index in [9.17, 15) is 0 Å². The van der Waals surface area contributed by atoms with Crippen LogP contribution in [-0.4, -0.2) is 5.60 Å². The number of rotatable bonds is 2. The zero-order valence-electron chi connectivity index (χ0n) is 12.6. The molecule has 1 aliphatic rings. The Labute approximate surface area is 134 Å².